The zero-order valence-electron chi connectivity index (χ0n) is 26.2. The molecule has 1 rings (SSSR count). The van der Waals surface area contributed by atoms with Crippen molar-refractivity contribution in [3.05, 3.63) is 0 Å². The summed E-state index contributed by atoms with van der Waals surface area (Å²) in [5.41, 5.74) is 11.1. The van der Waals surface area contributed by atoms with Gasteiger partial charge in [-0.25, -0.2) is 0 Å². The smallest absolute Gasteiger partial charge is 0.245 e. The molecule has 0 aliphatic carbocycles. The van der Waals surface area contributed by atoms with Gasteiger partial charge in [-0.05, 0) is 51.9 Å². The summed E-state index contributed by atoms with van der Waals surface area (Å²) in [4.78, 5) is 67.3. The molecule has 246 valence electrons. The molecule has 43 heavy (non-hydrogen) atoms. The average molecular weight is 612 g/mol. The molecular weight excluding hydrogens is 558 g/mol. The van der Waals surface area contributed by atoms with Gasteiger partial charge in [0.1, 0.15) is 30.2 Å². The Morgan fingerprint density at radius 1 is 0.953 bits per heavy atom. The summed E-state index contributed by atoms with van der Waals surface area (Å²) >= 11 is 0. The van der Waals surface area contributed by atoms with E-state index in [2.05, 4.69) is 26.6 Å². The lowest BCUT2D eigenvalue weighted by Crippen LogP contribution is -2.60. The molecule has 11 N–H and O–H groups in total. The van der Waals surface area contributed by atoms with Crippen LogP contribution in [0.2, 0.25) is 0 Å². The number of nitrogens with zero attached hydrogens (tertiary/aromatic N) is 1. The number of amides is 5. The van der Waals surface area contributed by atoms with Crippen LogP contribution in [0, 0.1) is 11.3 Å². The summed E-state index contributed by atoms with van der Waals surface area (Å²) in [5, 5.41) is 30.6. The molecule has 0 bridgehead atoms. The van der Waals surface area contributed by atoms with Crippen LogP contribution in [0.15, 0.2) is 0 Å². The van der Waals surface area contributed by atoms with Crippen LogP contribution in [0.3, 0.4) is 0 Å². The highest BCUT2D eigenvalue weighted by atomic mass is 16.3. The van der Waals surface area contributed by atoms with Crippen LogP contribution in [0.1, 0.15) is 79.6 Å². The van der Waals surface area contributed by atoms with Crippen molar-refractivity contribution in [2.24, 2.45) is 17.4 Å². The Hall–Kier alpha value is -3.46. The maximum Gasteiger partial charge on any atom is 0.245 e. The lowest BCUT2D eigenvalue weighted by molar-refractivity contribution is -0.142. The first-order valence-corrected chi connectivity index (χ1v) is 15.3. The maximum atomic E-state index is 13.7. The molecule has 0 aromatic carbocycles. The van der Waals surface area contributed by atoms with Crippen molar-refractivity contribution >= 4 is 35.5 Å². The first-order chi connectivity index (χ1) is 20.3. The van der Waals surface area contributed by atoms with Crippen molar-refractivity contribution < 1.29 is 29.1 Å². The molecule has 0 unspecified atom stereocenters. The lowest BCUT2D eigenvalue weighted by Gasteiger charge is -2.31. The van der Waals surface area contributed by atoms with E-state index in [1.165, 1.54) is 11.8 Å². The molecule has 5 amide bonds. The Morgan fingerprint density at radius 2 is 1.60 bits per heavy atom. The highest BCUT2D eigenvalue weighted by Crippen LogP contribution is 2.20. The Bertz CT molecular complexity index is 963. The largest absolute Gasteiger partial charge is 0.391 e. The summed E-state index contributed by atoms with van der Waals surface area (Å²) in [6, 6.07) is -4.87. The van der Waals surface area contributed by atoms with E-state index in [9.17, 15) is 29.1 Å². The van der Waals surface area contributed by atoms with Crippen LogP contribution in [-0.2, 0) is 24.0 Å². The van der Waals surface area contributed by atoms with E-state index in [1.807, 2.05) is 13.8 Å². The highest BCUT2D eigenvalue weighted by molar-refractivity contribution is 5.96. The molecule has 7 atom stereocenters. The van der Waals surface area contributed by atoms with Gasteiger partial charge in [0.25, 0.3) is 0 Å². The number of aliphatic hydroxyl groups excluding tert-OH is 1. The number of nitrogens with one attached hydrogen (secondary N) is 6. The molecule has 1 aliphatic rings. The minimum atomic E-state index is -1.22. The number of aliphatic hydroxyl groups is 1. The molecule has 15 heteroatoms. The molecule has 0 radical (unpaired) electrons. The van der Waals surface area contributed by atoms with Gasteiger partial charge in [-0.15, -0.1) is 0 Å². The van der Waals surface area contributed by atoms with Crippen LogP contribution in [0.5, 0.6) is 0 Å². The molecule has 0 spiro atoms. The van der Waals surface area contributed by atoms with Crippen molar-refractivity contribution in [1.82, 2.24) is 31.5 Å². The summed E-state index contributed by atoms with van der Waals surface area (Å²) in [7, 11) is 0. The highest BCUT2D eigenvalue weighted by Gasteiger charge is 2.39. The minimum absolute atomic E-state index is 0.205. The summed E-state index contributed by atoms with van der Waals surface area (Å²) in [6.07, 6.45) is 2.00. The number of guanidine groups is 1. The Labute approximate surface area is 254 Å². The second kappa shape index (κ2) is 18.9. The third-order valence-electron chi connectivity index (χ3n) is 7.62. The minimum Gasteiger partial charge on any atom is -0.391 e. The SMILES string of the molecule is CCC[C@H](NC(=O)[C@@H](N)[C@@H](C)O)C(=O)N[C@H](C(=O)N[C@@H](CCCNC(=N)N)C(=O)N1CCC[C@H]1C(=O)NCC)[C@@H](C)CC. The standard InChI is InChI=1S/C28H53N9O6/c1-6-11-18(34-25(41)21(29)17(5)38)23(39)36-22(16(4)7-2)26(42)35-19(12-9-14-33-28(30)31)27(43)37-15-10-13-20(37)24(40)32-8-3/h16-22,38H,6-15,29H2,1-5H3,(H,32,40)(H,34,41)(H,35,42)(H,36,39)(H4,30,31,33)/t16-,17+,18-,19-,20-,21-,22-/m0/s1. The predicted octanol–water partition coefficient (Wildman–Crippen LogP) is -1.61. The van der Waals surface area contributed by atoms with Gasteiger partial charge in [0.2, 0.25) is 29.5 Å². The zero-order chi connectivity index (χ0) is 32.7. The fourth-order valence-electron chi connectivity index (χ4n) is 4.84. The molecule has 0 saturated carbocycles. The molecule has 1 saturated heterocycles. The summed E-state index contributed by atoms with van der Waals surface area (Å²) in [5.74, 6) is -3.04. The quantitative estimate of drug-likeness (QED) is 0.0491. The van der Waals surface area contributed by atoms with Gasteiger partial charge < -0.3 is 48.1 Å². The van der Waals surface area contributed by atoms with Crippen LogP contribution >= 0.6 is 0 Å². The second-order valence-corrected chi connectivity index (χ2v) is 11.1. The van der Waals surface area contributed by atoms with E-state index in [-0.39, 0.29) is 30.6 Å². The maximum absolute atomic E-state index is 13.7. The van der Waals surface area contributed by atoms with E-state index in [0.717, 1.165) is 0 Å². The molecule has 1 fully saturated rings. The average Bonchev–Trinajstić information content (AvgIpc) is 3.46. The topological polar surface area (TPSA) is 245 Å². The van der Waals surface area contributed by atoms with Gasteiger partial charge in [0.05, 0.1) is 6.10 Å². The monoisotopic (exact) mass is 611 g/mol. The number of carbonyl (C=O) groups is 5. The van der Waals surface area contributed by atoms with Crippen molar-refractivity contribution in [2.75, 3.05) is 19.6 Å². The molecule has 15 nitrogen and oxygen atoms in total. The number of likely N-dealkylation sites (N-methyl/N-ethyl adjacent to an activating group) is 1. The first kappa shape index (κ1) is 37.6. The number of rotatable bonds is 18. The predicted molar refractivity (Wildman–Crippen MR) is 162 cm³/mol. The lowest BCUT2D eigenvalue weighted by atomic mass is 9.96. The number of likely N-dealkylation sites (tertiary alicyclic amines) is 1. The second-order valence-electron chi connectivity index (χ2n) is 11.1. The molecular formula is C28H53N9O6. The Kier molecular flexibility index (Phi) is 16.6. The zero-order valence-corrected chi connectivity index (χ0v) is 26.2. The van der Waals surface area contributed by atoms with Crippen LogP contribution in [0.25, 0.3) is 0 Å². The fourth-order valence-corrected chi connectivity index (χ4v) is 4.84. The number of hydrogen-bond acceptors (Lipinski definition) is 8. The number of nitrogens with two attached hydrogens (primary N) is 2. The summed E-state index contributed by atoms with van der Waals surface area (Å²) < 4.78 is 0. The first-order valence-electron chi connectivity index (χ1n) is 15.3. The van der Waals surface area contributed by atoms with Gasteiger partial charge >= 0.3 is 0 Å². The summed E-state index contributed by atoms with van der Waals surface area (Å²) in [6.45, 7) is 9.76. The Balaban J connectivity index is 3.18. The van der Waals surface area contributed by atoms with Crippen molar-refractivity contribution in [2.45, 2.75) is 116 Å². The van der Waals surface area contributed by atoms with E-state index >= 15 is 0 Å². The normalized spacial score (nSPS) is 18.8. The van der Waals surface area contributed by atoms with Gasteiger partial charge in [0.15, 0.2) is 5.96 Å². The van der Waals surface area contributed by atoms with Gasteiger partial charge in [-0.3, -0.25) is 29.4 Å². The van der Waals surface area contributed by atoms with E-state index in [4.69, 9.17) is 16.9 Å². The third kappa shape index (κ3) is 12.0. The van der Waals surface area contributed by atoms with E-state index < -0.39 is 59.9 Å². The molecule has 0 aromatic heterocycles. The van der Waals surface area contributed by atoms with Gasteiger partial charge in [0, 0.05) is 19.6 Å². The van der Waals surface area contributed by atoms with Crippen LogP contribution < -0.4 is 38.1 Å². The van der Waals surface area contributed by atoms with Crippen molar-refractivity contribution in [3.63, 3.8) is 0 Å². The van der Waals surface area contributed by atoms with Crippen LogP contribution in [-0.4, -0.2) is 101 Å². The fraction of sp³-hybridized carbons (Fsp3) is 0.786. The van der Waals surface area contributed by atoms with Crippen molar-refractivity contribution in [1.29, 1.82) is 5.41 Å². The Morgan fingerprint density at radius 3 is 2.16 bits per heavy atom. The number of carbonyl (C=O) groups excluding carboxylic acids is 5. The molecule has 1 heterocycles. The molecule has 0 aromatic rings. The molecule has 1 aliphatic heterocycles. The van der Waals surface area contributed by atoms with Gasteiger partial charge in [-0.2, -0.15) is 0 Å². The van der Waals surface area contributed by atoms with Gasteiger partial charge in [-0.1, -0.05) is 33.6 Å². The van der Waals surface area contributed by atoms with Crippen LogP contribution in [0.4, 0.5) is 0 Å². The van der Waals surface area contributed by atoms with Crippen molar-refractivity contribution in [3.8, 4) is 0 Å². The van der Waals surface area contributed by atoms with E-state index in [1.54, 1.807) is 13.8 Å². The third-order valence-corrected chi connectivity index (χ3v) is 7.62. The van der Waals surface area contributed by atoms with E-state index in [0.29, 0.717) is 51.7 Å². The number of hydrogen-bond donors (Lipinski definition) is 9.